The van der Waals surface area contributed by atoms with E-state index >= 15 is 0 Å². The molecule has 2 heterocycles. The maximum absolute atomic E-state index is 12.5. The van der Waals surface area contributed by atoms with Crippen molar-refractivity contribution in [2.45, 2.75) is 52.1 Å². The zero-order chi connectivity index (χ0) is 21.3. The van der Waals surface area contributed by atoms with Gasteiger partial charge < -0.3 is 19.3 Å². The third-order valence-corrected chi connectivity index (χ3v) is 5.79. The first kappa shape index (κ1) is 20.6. The first-order valence-electron chi connectivity index (χ1n) is 10.5. The quantitative estimate of drug-likeness (QED) is 0.784. The summed E-state index contributed by atoms with van der Waals surface area (Å²) in [5, 5.41) is 13.7. The number of ketones is 1. The van der Waals surface area contributed by atoms with Crippen LogP contribution in [0, 0.1) is 5.41 Å². The van der Waals surface area contributed by atoms with Gasteiger partial charge in [0.15, 0.2) is 11.5 Å². The van der Waals surface area contributed by atoms with Gasteiger partial charge in [0.1, 0.15) is 5.75 Å². The van der Waals surface area contributed by atoms with E-state index in [0.717, 1.165) is 17.7 Å². The SMILES string of the molecule is CC1(C)CC(=O)c2c(noc2Cc2ccc(OCCC(=O)N3CC[C@@H](O)C3)cc2)C1. The summed E-state index contributed by atoms with van der Waals surface area (Å²) in [6.07, 6.45) is 2.29. The summed E-state index contributed by atoms with van der Waals surface area (Å²) in [4.78, 5) is 26.3. The molecule has 4 rings (SSSR count). The fourth-order valence-electron chi connectivity index (χ4n) is 4.23. The minimum atomic E-state index is -0.404. The molecule has 1 aliphatic heterocycles. The molecular weight excluding hydrogens is 384 g/mol. The third-order valence-electron chi connectivity index (χ3n) is 5.79. The Morgan fingerprint density at radius 1 is 1.30 bits per heavy atom. The van der Waals surface area contributed by atoms with E-state index in [1.807, 2.05) is 24.3 Å². The van der Waals surface area contributed by atoms with Crippen LogP contribution in [0.2, 0.25) is 0 Å². The average Bonchev–Trinajstić information content (AvgIpc) is 3.28. The number of aliphatic hydroxyl groups excluding tert-OH is 1. The lowest BCUT2D eigenvalue weighted by Gasteiger charge is -2.26. The number of ether oxygens (including phenoxy) is 1. The Morgan fingerprint density at radius 2 is 2.07 bits per heavy atom. The Balaban J connectivity index is 1.31. The van der Waals surface area contributed by atoms with Gasteiger partial charge in [0.25, 0.3) is 0 Å². The van der Waals surface area contributed by atoms with Crippen LogP contribution in [0.4, 0.5) is 0 Å². The summed E-state index contributed by atoms with van der Waals surface area (Å²) >= 11 is 0. The molecule has 160 valence electrons. The molecular formula is C23H28N2O5. The van der Waals surface area contributed by atoms with Gasteiger partial charge in [-0.2, -0.15) is 0 Å². The number of nitrogens with zero attached hydrogens (tertiary/aromatic N) is 2. The number of aliphatic hydroxyl groups is 1. The van der Waals surface area contributed by atoms with Gasteiger partial charge in [0, 0.05) is 25.9 Å². The minimum absolute atomic E-state index is 0.00566. The average molecular weight is 412 g/mol. The number of likely N-dealkylation sites (tertiary alicyclic amines) is 1. The zero-order valence-corrected chi connectivity index (χ0v) is 17.5. The van der Waals surface area contributed by atoms with Crippen LogP contribution in [0.1, 0.15) is 60.5 Å². The second-order valence-electron chi connectivity index (χ2n) is 9.07. The number of Topliss-reactive ketones (excluding diaryl/α,β-unsaturated/α-hetero) is 1. The Morgan fingerprint density at radius 3 is 2.77 bits per heavy atom. The number of hydrogen-bond acceptors (Lipinski definition) is 6. The Hall–Kier alpha value is -2.67. The predicted molar refractivity (Wildman–Crippen MR) is 109 cm³/mol. The monoisotopic (exact) mass is 412 g/mol. The van der Waals surface area contributed by atoms with Gasteiger partial charge in [-0.05, 0) is 36.0 Å². The van der Waals surface area contributed by atoms with E-state index in [0.29, 0.717) is 56.0 Å². The molecule has 1 amide bonds. The van der Waals surface area contributed by atoms with E-state index in [1.54, 1.807) is 4.90 Å². The van der Waals surface area contributed by atoms with Crippen molar-refractivity contribution in [3.8, 4) is 5.75 Å². The molecule has 0 unspecified atom stereocenters. The zero-order valence-electron chi connectivity index (χ0n) is 17.5. The minimum Gasteiger partial charge on any atom is -0.493 e. The lowest BCUT2D eigenvalue weighted by molar-refractivity contribution is -0.131. The highest BCUT2D eigenvalue weighted by molar-refractivity contribution is 5.99. The first-order valence-corrected chi connectivity index (χ1v) is 10.5. The topological polar surface area (TPSA) is 92.9 Å². The molecule has 0 bridgehead atoms. The molecule has 1 atom stereocenters. The van der Waals surface area contributed by atoms with Crippen molar-refractivity contribution < 1.29 is 24.0 Å². The molecule has 7 nitrogen and oxygen atoms in total. The summed E-state index contributed by atoms with van der Waals surface area (Å²) in [6.45, 7) is 5.47. The normalized spacial score (nSPS) is 20.3. The van der Waals surface area contributed by atoms with Gasteiger partial charge in [0.2, 0.25) is 5.91 Å². The number of hydrogen-bond donors (Lipinski definition) is 1. The van der Waals surface area contributed by atoms with Gasteiger partial charge in [-0.25, -0.2) is 0 Å². The van der Waals surface area contributed by atoms with Gasteiger partial charge in [-0.3, -0.25) is 9.59 Å². The third kappa shape index (κ3) is 4.56. The van der Waals surface area contributed by atoms with Crippen LogP contribution in [0.15, 0.2) is 28.8 Å². The smallest absolute Gasteiger partial charge is 0.226 e. The standard InChI is InChI=1S/C23H28N2O5/c1-23(2)12-18-22(19(27)13-23)20(30-24-18)11-15-3-5-17(6-4-15)29-10-8-21(28)25-9-7-16(26)14-25/h3-6,16,26H,7-14H2,1-2H3/t16-/m1/s1. The Labute approximate surface area is 176 Å². The first-order chi connectivity index (χ1) is 14.3. The molecule has 2 aromatic rings. The van der Waals surface area contributed by atoms with E-state index in [-0.39, 0.29) is 23.5 Å². The molecule has 1 aliphatic carbocycles. The van der Waals surface area contributed by atoms with Crippen LogP contribution in [0.25, 0.3) is 0 Å². The maximum atomic E-state index is 12.5. The van der Waals surface area contributed by atoms with Gasteiger partial charge >= 0.3 is 0 Å². The molecule has 1 saturated heterocycles. The second kappa shape index (κ2) is 8.22. The lowest BCUT2D eigenvalue weighted by atomic mass is 9.75. The predicted octanol–water partition coefficient (Wildman–Crippen LogP) is 2.78. The van der Waals surface area contributed by atoms with Crippen molar-refractivity contribution in [1.29, 1.82) is 0 Å². The molecule has 1 fully saturated rings. The number of carbonyl (C=O) groups is 2. The molecule has 0 radical (unpaired) electrons. The summed E-state index contributed by atoms with van der Waals surface area (Å²) in [5.41, 5.74) is 2.34. The Kier molecular flexibility index (Phi) is 5.64. The van der Waals surface area contributed by atoms with Crippen molar-refractivity contribution in [1.82, 2.24) is 10.1 Å². The van der Waals surface area contributed by atoms with E-state index < -0.39 is 6.10 Å². The number of rotatable bonds is 6. The molecule has 30 heavy (non-hydrogen) atoms. The van der Waals surface area contributed by atoms with E-state index in [9.17, 15) is 14.7 Å². The Bertz CT molecular complexity index is 932. The number of carbonyl (C=O) groups excluding carboxylic acids is 2. The summed E-state index contributed by atoms with van der Waals surface area (Å²) in [7, 11) is 0. The van der Waals surface area contributed by atoms with Gasteiger partial charge in [-0.15, -0.1) is 0 Å². The highest BCUT2D eigenvalue weighted by atomic mass is 16.5. The van der Waals surface area contributed by atoms with Crippen molar-refractivity contribution >= 4 is 11.7 Å². The molecule has 0 spiro atoms. The van der Waals surface area contributed by atoms with Crippen molar-refractivity contribution in [2.24, 2.45) is 5.41 Å². The molecule has 1 aromatic heterocycles. The number of amides is 1. The summed E-state index contributed by atoms with van der Waals surface area (Å²) in [6, 6.07) is 7.57. The van der Waals surface area contributed by atoms with E-state index in [2.05, 4.69) is 19.0 Å². The van der Waals surface area contributed by atoms with Crippen LogP contribution in [0.3, 0.4) is 0 Å². The highest BCUT2D eigenvalue weighted by Crippen LogP contribution is 2.36. The van der Waals surface area contributed by atoms with Gasteiger partial charge in [0.05, 0.1) is 30.4 Å². The lowest BCUT2D eigenvalue weighted by Crippen LogP contribution is -2.30. The summed E-state index contributed by atoms with van der Waals surface area (Å²) < 4.78 is 11.2. The number of benzene rings is 1. The van der Waals surface area contributed by atoms with Crippen molar-refractivity contribution in [2.75, 3.05) is 19.7 Å². The fraction of sp³-hybridized carbons (Fsp3) is 0.522. The van der Waals surface area contributed by atoms with Gasteiger partial charge in [-0.1, -0.05) is 31.1 Å². The van der Waals surface area contributed by atoms with Crippen LogP contribution in [-0.4, -0.2) is 52.7 Å². The highest BCUT2D eigenvalue weighted by Gasteiger charge is 2.36. The largest absolute Gasteiger partial charge is 0.493 e. The molecule has 7 heteroatoms. The van der Waals surface area contributed by atoms with Crippen LogP contribution >= 0.6 is 0 Å². The van der Waals surface area contributed by atoms with E-state index in [4.69, 9.17) is 9.26 Å². The number of fused-ring (bicyclic) bond motifs is 1. The van der Waals surface area contributed by atoms with Crippen LogP contribution in [0.5, 0.6) is 5.75 Å². The second-order valence-corrected chi connectivity index (χ2v) is 9.07. The number of aromatic nitrogens is 1. The van der Waals surface area contributed by atoms with Crippen molar-refractivity contribution in [3.63, 3.8) is 0 Å². The summed E-state index contributed by atoms with van der Waals surface area (Å²) in [5.74, 6) is 1.42. The van der Waals surface area contributed by atoms with Crippen molar-refractivity contribution in [3.05, 3.63) is 46.8 Å². The molecule has 2 aliphatic rings. The molecule has 1 aromatic carbocycles. The number of β-amino-alcohol motifs (C(OH)–C–C–N with tert-alkyl or cyclic N) is 1. The molecule has 1 N–H and O–H groups in total. The van der Waals surface area contributed by atoms with Crippen LogP contribution < -0.4 is 4.74 Å². The fourth-order valence-corrected chi connectivity index (χ4v) is 4.23. The maximum Gasteiger partial charge on any atom is 0.226 e. The molecule has 0 saturated carbocycles. The van der Waals surface area contributed by atoms with E-state index in [1.165, 1.54) is 0 Å². The van der Waals surface area contributed by atoms with Crippen LogP contribution in [-0.2, 0) is 17.6 Å².